The van der Waals surface area contributed by atoms with Gasteiger partial charge in [0.2, 0.25) is 0 Å². The number of anilines is 2. The monoisotopic (exact) mass is 421 g/mol. The minimum atomic E-state index is -0.226. The molecule has 0 saturated carbocycles. The minimum Gasteiger partial charge on any atom is -0.338 e. The molecular formula is C10H6Br3N3O. The highest BCUT2D eigenvalue weighted by Crippen LogP contribution is 2.29. The molecule has 7 heteroatoms. The van der Waals surface area contributed by atoms with Crippen molar-refractivity contribution in [3.05, 3.63) is 48.3 Å². The van der Waals surface area contributed by atoms with Gasteiger partial charge in [0, 0.05) is 8.95 Å². The van der Waals surface area contributed by atoms with Crippen molar-refractivity contribution in [2.45, 2.75) is 0 Å². The van der Waals surface area contributed by atoms with Crippen LogP contribution in [0.5, 0.6) is 0 Å². The maximum absolute atomic E-state index is 11.4. The van der Waals surface area contributed by atoms with E-state index in [0.29, 0.717) is 10.3 Å². The Kier molecular flexibility index (Phi) is 4.01. The van der Waals surface area contributed by atoms with Gasteiger partial charge in [-0.3, -0.25) is 4.79 Å². The van der Waals surface area contributed by atoms with Gasteiger partial charge >= 0.3 is 0 Å². The largest absolute Gasteiger partial charge is 0.338 e. The van der Waals surface area contributed by atoms with E-state index in [0.717, 1.165) is 14.6 Å². The molecular weight excluding hydrogens is 418 g/mol. The number of rotatable bonds is 2. The number of halogens is 3. The van der Waals surface area contributed by atoms with E-state index in [4.69, 9.17) is 0 Å². The summed E-state index contributed by atoms with van der Waals surface area (Å²) in [6.45, 7) is 0. The number of hydrogen-bond donors (Lipinski definition) is 2. The predicted molar refractivity (Wildman–Crippen MR) is 77.7 cm³/mol. The molecule has 0 aliphatic heterocycles. The van der Waals surface area contributed by atoms with Crippen molar-refractivity contribution in [3.8, 4) is 0 Å². The Balaban J connectivity index is 2.38. The van der Waals surface area contributed by atoms with Crippen LogP contribution in [-0.4, -0.2) is 9.97 Å². The van der Waals surface area contributed by atoms with Crippen molar-refractivity contribution in [1.29, 1.82) is 0 Å². The molecule has 0 aliphatic rings. The summed E-state index contributed by atoms with van der Waals surface area (Å²) in [4.78, 5) is 17.9. The number of benzene rings is 1. The molecule has 0 unspecified atom stereocenters. The van der Waals surface area contributed by atoms with Crippen LogP contribution in [0.3, 0.4) is 0 Å². The van der Waals surface area contributed by atoms with Crippen LogP contribution in [0.25, 0.3) is 0 Å². The first kappa shape index (κ1) is 12.8. The summed E-state index contributed by atoms with van der Waals surface area (Å²) < 4.78 is 2.21. The number of hydrogen-bond acceptors (Lipinski definition) is 3. The van der Waals surface area contributed by atoms with Crippen molar-refractivity contribution < 1.29 is 0 Å². The molecule has 1 aromatic carbocycles. The van der Waals surface area contributed by atoms with E-state index in [-0.39, 0.29) is 5.56 Å². The quantitative estimate of drug-likeness (QED) is 0.772. The number of H-pyrrole nitrogens is 1. The second-order valence-electron chi connectivity index (χ2n) is 3.14. The van der Waals surface area contributed by atoms with Gasteiger partial charge in [-0.15, -0.1) is 0 Å². The summed E-state index contributed by atoms with van der Waals surface area (Å²) in [7, 11) is 0. The first-order valence-electron chi connectivity index (χ1n) is 4.53. The zero-order valence-corrected chi connectivity index (χ0v) is 13.1. The third kappa shape index (κ3) is 2.97. The number of nitrogens with one attached hydrogen (secondary N) is 2. The second kappa shape index (κ2) is 5.32. The van der Waals surface area contributed by atoms with Gasteiger partial charge in [0.05, 0.1) is 12.0 Å². The molecule has 0 atom stereocenters. The highest BCUT2D eigenvalue weighted by molar-refractivity contribution is 9.11. The lowest BCUT2D eigenvalue weighted by molar-refractivity contribution is 1.10. The molecule has 2 aromatic rings. The molecule has 2 N–H and O–H groups in total. The fourth-order valence-corrected chi connectivity index (χ4v) is 2.65. The highest BCUT2D eigenvalue weighted by Gasteiger charge is 2.07. The zero-order valence-electron chi connectivity index (χ0n) is 8.30. The van der Waals surface area contributed by atoms with Crippen LogP contribution in [-0.2, 0) is 0 Å². The van der Waals surface area contributed by atoms with E-state index in [2.05, 4.69) is 63.1 Å². The van der Waals surface area contributed by atoms with Crippen LogP contribution in [0, 0.1) is 0 Å². The van der Waals surface area contributed by atoms with Gasteiger partial charge in [-0.05, 0) is 50.1 Å². The van der Waals surface area contributed by atoms with Crippen molar-refractivity contribution in [3.63, 3.8) is 0 Å². The van der Waals surface area contributed by atoms with Gasteiger partial charge in [0.25, 0.3) is 5.56 Å². The molecule has 4 nitrogen and oxygen atoms in total. The second-order valence-corrected chi connectivity index (χ2v) is 5.71. The van der Waals surface area contributed by atoms with Crippen molar-refractivity contribution in [1.82, 2.24) is 9.97 Å². The standard InChI is InChI=1S/C10H6Br3N3O/c11-5-1-2-7(6(12)3-5)16-9-8(13)10(17)15-4-14-9/h1-4H,(H2,14,15,16,17). The third-order valence-electron chi connectivity index (χ3n) is 1.98. The maximum atomic E-state index is 11.4. The molecule has 1 heterocycles. The van der Waals surface area contributed by atoms with Gasteiger partial charge in [0.15, 0.2) is 5.82 Å². The molecule has 0 amide bonds. The fourth-order valence-electron chi connectivity index (χ4n) is 1.19. The Hall–Kier alpha value is -0.660. The number of nitrogens with zero attached hydrogens (tertiary/aromatic N) is 1. The number of aromatic amines is 1. The number of aromatic nitrogens is 2. The summed E-state index contributed by atoms with van der Waals surface area (Å²) in [6.07, 6.45) is 1.35. The van der Waals surface area contributed by atoms with Gasteiger partial charge in [-0.2, -0.15) is 0 Å². The lowest BCUT2D eigenvalue weighted by Gasteiger charge is -2.08. The molecule has 0 radical (unpaired) electrons. The van der Waals surface area contributed by atoms with E-state index < -0.39 is 0 Å². The van der Waals surface area contributed by atoms with E-state index in [9.17, 15) is 4.79 Å². The zero-order chi connectivity index (χ0) is 12.4. The van der Waals surface area contributed by atoms with E-state index in [1.165, 1.54) is 6.33 Å². The maximum Gasteiger partial charge on any atom is 0.267 e. The Morgan fingerprint density at radius 2 is 2.00 bits per heavy atom. The highest BCUT2D eigenvalue weighted by atomic mass is 79.9. The first-order chi connectivity index (χ1) is 8.08. The summed E-state index contributed by atoms with van der Waals surface area (Å²) in [5.74, 6) is 0.469. The Morgan fingerprint density at radius 3 is 2.71 bits per heavy atom. The molecule has 0 fully saturated rings. The van der Waals surface area contributed by atoms with Crippen LogP contribution < -0.4 is 10.9 Å². The lowest BCUT2D eigenvalue weighted by Crippen LogP contribution is -2.10. The van der Waals surface area contributed by atoms with Crippen LogP contribution in [0.1, 0.15) is 0 Å². The van der Waals surface area contributed by atoms with Crippen LogP contribution in [0.2, 0.25) is 0 Å². The SMILES string of the molecule is O=c1[nH]cnc(Nc2ccc(Br)cc2Br)c1Br. The van der Waals surface area contributed by atoms with Crippen LogP contribution in [0.4, 0.5) is 11.5 Å². The summed E-state index contributed by atoms with van der Waals surface area (Å²) in [6, 6.07) is 5.68. The topological polar surface area (TPSA) is 57.8 Å². The van der Waals surface area contributed by atoms with Crippen LogP contribution in [0.15, 0.2) is 42.7 Å². The smallest absolute Gasteiger partial charge is 0.267 e. The molecule has 0 bridgehead atoms. The van der Waals surface area contributed by atoms with E-state index >= 15 is 0 Å². The molecule has 0 saturated heterocycles. The van der Waals surface area contributed by atoms with Gasteiger partial charge in [-0.1, -0.05) is 15.9 Å². The fraction of sp³-hybridized carbons (Fsp3) is 0. The summed E-state index contributed by atoms with van der Waals surface area (Å²) in [5, 5.41) is 3.06. The molecule has 0 aliphatic carbocycles. The average molecular weight is 424 g/mol. The van der Waals surface area contributed by atoms with Gasteiger partial charge in [-0.25, -0.2) is 4.98 Å². The Labute approximate surface area is 122 Å². The molecule has 88 valence electrons. The normalized spacial score (nSPS) is 10.3. The Morgan fingerprint density at radius 1 is 1.24 bits per heavy atom. The average Bonchev–Trinajstić information content (AvgIpc) is 2.28. The summed E-state index contributed by atoms with van der Waals surface area (Å²) >= 11 is 9.98. The van der Waals surface area contributed by atoms with Crippen molar-refractivity contribution in [2.75, 3.05) is 5.32 Å². The van der Waals surface area contributed by atoms with Crippen molar-refractivity contribution in [2.24, 2.45) is 0 Å². The van der Waals surface area contributed by atoms with Crippen LogP contribution >= 0.6 is 47.8 Å². The minimum absolute atomic E-state index is 0.226. The Bertz CT molecular complexity index is 612. The predicted octanol–water partition coefficient (Wildman–Crippen LogP) is 3.80. The van der Waals surface area contributed by atoms with E-state index in [1.807, 2.05) is 18.2 Å². The first-order valence-corrected chi connectivity index (χ1v) is 6.91. The molecule has 1 aromatic heterocycles. The van der Waals surface area contributed by atoms with Gasteiger partial charge in [0.1, 0.15) is 4.47 Å². The summed E-state index contributed by atoms with van der Waals surface area (Å²) in [5.41, 5.74) is 0.600. The van der Waals surface area contributed by atoms with Crippen molar-refractivity contribution >= 4 is 59.3 Å². The lowest BCUT2D eigenvalue weighted by atomic mass is 10.3. The van der Waals surface area contributed by atoms with E-state index in [1.54, 1.807) is 0 Å². The van der Waals surface area contributed by atoms with Gasteiger partial charge < -0.3 is 10.3 Å². The molecule has 0 spiro atoms. The molecule has 2 rings (SSSR count). The third-order valence-corrected chi connectivity index (χ3v) is 3.87. The molecule has 17 heavy (non-hydrogen) atoms.